The van der Waals surface area contributed by atoms with E-state index in [0.717, 1.165) is 29.2 Å². The van der Waals surface area contributed by atoms with E-state index in [2.05, 4.69) is 10.1 Å². The number of benzene rings is 3. The molecule has 1 aromatic heterocycles. The normalized spacial score (nSPS) is 16.9. The van der Waals surface area contributed by atoms with E-state index in [-0.39, 0.29) is 17.0 Å². The number of hydrogen-bond acceptors (Lipinski definition) is 6. The smallest absolute Gasteiger partial charge is 0.341 e. The van der Waals surface area contributed by atoms with Crippen LogP contribution < -0.4 is 10.3 Å². The number of anilines is 1. The molecule has 0 bridgehead atoms. The van der Waals surface area contributed by atoms with Gasteiger partial charge in [0.15, 0.2) is 0 Å². The number of aromatic nitrogens is 1. The number of aromatic carboxylic acids is 1. The molecule has 1 aliphatic carbocycles. The molecule has 0 radical (unpaired) electrons. The molecule has 2 aliphatic rings. The molecule has 194 valence electrons. The summed E-state index contributed by atoms with van der Waals surface area (Å²) in [4.78, 5) is 28.5. The van der Waals surface area contributed by atoms with Crippen LogP contribution in [0.1, 0.15) is 34.8 Å². The second kappa shape index (κ2) is 9.57. The Kier molecular flexibility index (Phi) is 6.07. The van der Waals surface area contributed by atoms with E-state index in [4.69, 9.17) is 0 Å². The molecule has 2 N–H and O–H groups in total. The molecule has 1 aliphatic heterocycles. The van der Waals surface area contributed by atoms with Gasteiger partial charge in [-0.15, -0.1) is 0 Å². The average molecular weight is 515 g/mol. The number of pyridine rings is 1. The van der Waals surface area contributed by atoms with Gasteiger partial charge in [-0.05, 0) is 41.8 Å². The summed E-state index contributed by atoms with van der Waals surface area (Å²) >= 11 is 0. The fourth-order valence-electron chi connectivity index (χ4n) is 5.32. The van der Waals surface area contributed by atoms with Crippen molar-refractivity contribution in [1.82, 2.24) is 9.47 Å². The molecule has 0 atom stereocenters. The van der Waals surface area contributed by atoms with E-state index in [1.54, 1.807) is 6.07 Å². The molecule has 9 heteroatoms. The Hall–Kier alpha value is -4.24. The average Bonchev–Trinajstić information content (AvgIpc) is 3.77. The lowest BCUT2D eigenvalue weighted by molar-refractivity contribution is 0.0695. The molecule has 0 amide bonds. The van der Waals surface area contributed by atoms with E-state index in [1.807, 2.05) is 51.9 Å². The van der Waals surface area contributed by atoms with Crippen molar-refractivity contribution in [3.05, 3.63) is 88.0 Å². The number of carbonyl (C=O) groups is 1. The molecule has 1 saturated heterocycles. The summed E-state index contributed by atoms with van der Waals surface area (Å²) < 4.78 is 17.1. The molecule has 0 unspecified atom stereocenters. The third-order valence-corrected chi connectivity index (χ3v) is 7.56. The predicted octanol–water partition coefficient (Wildman–Crippen LogP) is 4.33. The van der Waals surface area contributed by atoms with E-state index >= 15 is 4.39 Å². The van der Waals surface area contributed by atoms with Gasteiger partial charge in [0, 0.05) is 55.9 Å². The van der Waals surface area contributed by atoms with Gasteiger partial charge in [-0.1, -0.05) is 41.6 Å². The lowest BCUT2D eigenvalue weighted by atomic mass is 10.0. The molecule has 4 aromatic rings. The highest BCUT2D eigenvalue weighted by atomic mass is 19.1. The highest BCUT2D eigenvalue weighted by molar-refractivity contribution is 6.04. The minimum absolute atomic E-state index is 0.0934. The van der Waals surface area contributed by atoms with Crippen molar-refractivity contribution in [2.45, 2.75) is 18.9 Å². The van der Waals surface area contributed by atoms with Gasteiger partial charge in [-0.2, -0.15) is 0 Å². The van der Waals surface area contributed by atoms with Crippen LogP contribution in [-0.2, 0) is 0 Å². The molecule has 2 heterocycles. The van der Waals surface area contributed by atoms with Gasteiger partial charge in [0.25, 0.3) is 0 Å². The first-order valence-corrected chi connectivity index (χ1v) is 12.7. The number of rotatable bonds is 6. The van der Waals surface area contributed by atoms with E-state index < -0.39 is 17.2 Å². The Morgan fingerprint density at radius 2 is 1.74 bits per heavy atom. The maximum atomic E-state index is 15.3. The first-order chi connectivity index (χ1) is 18.4. The standard InChI is InChI=1S/C29H27FN4O4/c30-24-14-22-26(34(21-7-8-21)16-23(28(22)35)29(36)37)15-27(24)33-11-9-32(10-12-33)17-25(31-38)20-6-5-18-3-1-2-4-19(18)13-20/h1-6,13-16,21,38H,7-12,17H2,(H,36,37). The van der Waals surface area contributed by atoms with Gasteiger partial charge in [0.2, 0.25) is 5.43 Å². The second-order valence-electron chi connectivity index (χ2n) is 10.0. The van der Waals surface area contributed by atoms with Crippen LogP contribution >= 0.6 is 0 Å². The summed E-state index contributed by atoms with van der Waals surface area (Å²) in [6.07, 6.45) is 3.19. The van der Waals surface area contributed by atoms with Crippen molar-refractivity contribution < 1.29 is 19.5 Å². The zero-order chi connectivity index (χ0) is 26.4. The number of nitrogens with zero attached hydrogens (tertiary/aromatic N) is 4. The van der Waals surface area contributed by atoms with Gasteiger partial charge >= 0.3 is 5.97 Å². The minimum Gasteiger partial charge on any atom is -0.477 e. The zero-order valence-electron chi connectivity index (χ0n) is 20.7. The molecule has 2 fully saturated rings. The van der Waals surface area contributed by atoms with Crippen LogP contribution in [0.2, 0.25) is 0 Å². The molecule has 8 nitrogen and oxygen atoms in total. The highest BCUT2D eigenvalue weighted by Gasteiger charge is 2.28. The van der Waals surface area contributed by atoms with Crippen LogP contribution in [0.15, 0.2) is 70.7 Å². The van der Waals surface area contributed by atoms with Crippen molar-refractivity contribution >= 4 is 39.0 Å². The van der Waals surface area contributed by atoms with Crippen LogP contribution in [0.4, 0.5) is 10.1 Å². The third-order valence-electron chi connectivity index (χ3n) is 7.56. The van der Waals surface area contributed by atoms with Crippen molar-refractivity contribution in [3.63, 3.8) is 0 Å². The topological polar surface area (TPSA) is 98.4 Å². The summed E-state index contributed by atoms with van der Waals surface area (Å²) in [5, 5.41) is 25.1. The van der Waals surface area contributed by atoms with E-state index in [1.165, 1.54) is 12.3 Å². The number of oxime groups is 1. The van der Waals surface area contributed by atoms with Crippen molar-refractivity contribution in [1.29, 1.82) is 0 Å². The van der Waals surface area contributed by atoms with Gasteiger partial charge in [0.05, 0.1) is 11.2 Å². The van der Waals surface area contributed by atoms with Crippen LogP contribution in [-0.4, -0.2) is 64.2 Å². The van der Waals surface area contributed by atoms with Gasteiger partial charge < -0.3 is 19.8 Å². The Labute approximate surface area is 217 Å². The van der Waals surface area contributed by atoms with Gasteiger partial charge in [-0.25, -0.2) is 9.18 Å². The SMILES string of the molecule is O=C(O)c1cn(C2CC2)c2cc(N3CCN(CC(=NO)c4ccc5ccccc5c4)CC3)c(F)cc2c1=O. The van der Waals surface area contributed by atoms with Crippen LogP contribution in [0.25, 0.3) is 21.7 Å². The third kappa shape index (κ3) is 4.39. The minimum atomic E-state index is -1.30. The molecule has 38 heavy (non-hydrogen) atoms. The predicted molar refractivity (Wildman–Crippen MR) is 144 cm³/mol. The van der Waals surface area contributed by atoms with Crippen LogP contribution in [0.5, 0.6) is 0 Å². The first-order valence-electron chi connectivity index (χ1n) is 12.7. The maximum absolute atomic E-state index is 15.3. The lowest BCUT2D eigenvalue weighted by Gasteiger charge is -2.36. The monoisotopic (exact) mass is 514 g/mol. The van der Waals surface area contributed by atoms with Gasteiger partial charge in [-0.3, -0.25) is 9.69 Å². The lowest BCUT2D eigenvalue weighted by Crippen LogP contribution is -2.48. The number of piperazine rings is 1. The van der Waals surface area contributed by atoms with Gasteiger partial charge in [0.1, 0.15) is 17.1 Å². The molecule has 6 rings (SSSR count). The fourth-order valence-corrected chi connectivity index (χ4v) is 5.32. The molecule has 0 spiro atoms. The Morgan fingerprint density at radius 3 is 2.42 bits per heavy atom. The van der Waals surface area contributed by atoms with E-state index in [9.17, 15) is 19.9 Å². The summed E-state index contributed by atoms with van der Waals surface area (Å²) in [5.41, 5.74) is 1.39. The number of fused-ring (bicyclic) bond motifs is 2. The van der Waals surface area contributed by atoms with Crippen molar-refractivity contribution in [2.75, 3.05) is 37.6 Å². The Bertz CT molecular complexity index is 1650. The van der Waals surface area contributed by atoms with Crippen molar-refractivity contribution in [3.8, 4) is 0 Å². The quantitative estimate of drug-likeness (QED) is 0.226. The summed E-state index contributed by atoms with van der Waals surface area (Å²) in [7, 11) is 0. The largest absolute Gasteiger partial charge is 0.477 e. The molecule has 1 saturated carbocycles. The Morgan fingerprint density at radius 1 is 1.00 bits per heavy atom. The summed E-state index contributed by atoms with van der Waals surface area (Å²) in [5.74, 6) is -1.84. The first kappa shape index (κ1) is 24.1. The number of halogens is 1. The number of carboxylic acid groups (broad SMARTS) is 1. The zero-order valence-corrected chi connectivity index (χ0v) is 20.7. The number of hydrogen-bond donors (Lipinski definition) is 2. The molecular formula is C29H27FN4O4. The van der Waals surface area contributed by atoms with E-state index in [0.29, 0.717) is 49.6 Å². The highest BCUT2D eigenvalue weighted by Crippen LogP contribution is 2.38. The second-order valence-corrected chi connectivity index (χ2v) is 10.0. The van der Waals surface area contributed by atoms with Crippen LogP contribution in [0.3, 0.4) is 0 Å². The summed E-state index contributed by atoms with van der Waals surface area (Å²) in [6.45, 7) is 2.84. The molecular weight excluding hydrogens is 487 g/mol. The summed E-state index contributed by atoms with van der Waals surface area (Å²) in [6, 6.07) is 17.0. The maximum Gasteiger partial charge on any atom is 0.341 e. The number of carboxylic acids is 1. The fraction of sp³-hybridized carbons (Fsp3) is 0.276. The Balaban J connectivity index is 1.22. The van der Waals surface area contributed by atoms with Crippen LogP contribution in [0, 0.1) is 5.82 Å². The molecule has 3 aromatic carbocycles. The van der Waals surface area contributed by atoms with Crippen molar-refractivity contribution in [2.24, 2.45) is 5.16 Å².